The smallest absolute Gasteiger partial charge is 0.117 e. The van der Waals surface area contributed by atoms with Crippen molar-refractivity contribution in [3.63, 3.8) is 0 Å². The van der Waals surface area contributed by atoms with Crippen molar-refractivity contribution in [1.82, 2.24) is 4.90 Å². The minimum atomic E-state index is -0.576. The summed E-state index contributed by atoms with van der Waals surface area (Å²) in [5.74, 6) is 0.870. The van der Waals surface area contributed by atoms with Crippen LogP contribution in [-0.2, 0) is 6.54 Å². The molecule has 0 aliphatic heterocycles. The zero-order valence-corrected chi connectivity index (χ0v) is 10.8. The summed E-state index contributed by atoms with van der Waals surface area (Å²) in [4.78, 5) is 1.99. The first-order chi connectivity index (χ1) is 9.19. The predicted molar refractivity (Wildman–Crippen MR) is 71.2 cm³/mol. The number of hydrogen-bond donors (Lipinski definition) is 1. The number of furan rings is 1. The van der Waals surface area contributed by atoms with Gasteiger partial charge in [0, 0.05) is 6.54 Å². The van der Waals surface area contributed by atoms with Crippen molar-refractivity contribution in [3.05, 3.63) is 59.5 Å². The van der Waals surface area contributed by atoms with Gasteiger partial charge in [0.1, 0.15) is 5.76 Å². The van der Waals surface area contributed by atoms with Crippen LogP contribution in [0, 0.1) is 11.3 Å². The molecular formula is C15H16N2O2. The molecule has 4 heteroatoms. The molecule has 0 aliphatic rings. The van der Waals surface area contributed by atoms with Crippen molar-refractivity contribution in [2.45, 2.75) is 12.6 Å². The fourth-order valence-corrected chi connectivity index (χ4v) is 1.91. The van der Waals surface area contributed by atoms with Crippen molar-refractivity contribution in [2.75, 3.05) is 13.6 Å². The van der Waals surface area contributed by atoms with Crippen molar-refractivity contribution >= 4 is 0 Å². The third-order valence-corrected chi connectivity index (χ3v) is 2.92. The van der Waals surface area contributed by atoms with Gasteiger partial charge in [0.2, 0.25) is 0 Å². The summed E-state index contributed by atoms with van der Waals surface area (Å²) in [6.45, 7) is 1.16. The molecule has 1 unspecified atom stereocenters. The van der Waals surface area contributed by atoms with Gasteiger partial charge < -0.3 is 9.52 Å². The zero-order valence-electron chi connectivity index (χ0n) is 10.8. The normalized spacial score (nSPS) is 12.3. The molecule has 0 bridgehead atoms. The second kappa shape index (κ2) is 6.19. The zero-order chi connectivity index (χ0) is 13.7. The molecule has 1 N–H and O–H groups in total. The summed E-state index contributed by atoms with van der Waals surface area (Å²) in [5.41, 5.74) is 1.41. The van der Waals surface area contributed by atoms with Crippen LogP contribution in [0.25, 0.3) is 0 Å². The first-order valence-corrected chi connectivity index (χ1v) is 6.08. The number of hydrogen-bond acceptors (Lipinski definition) is 4. The average molecular weight is 256 g/mol. The van der Waals surface area contributed by atoms with Crippen LogP contribution in [0.5, 0.6) is 0 Å². The quantitative estimate of drug-likeness (QED) is 0.891. The Bertz CT molecular complexity index is 541. The molecule has 1 heterocycles. The van der Waals surface area contributed by atoms with Gasteiger partial charge in [-0.3, -0.25) is 4.90 Å². The lowest BCUT2D eigenvalue weighted by atomic mass is 10.1. The maximum absolute atomic E-state index is 10.1. The third kappa shape index (κ3) is 3.68. The number of aliphatic hydroxyl groups is 1. The number of nitrogens with zero attached hydrogens (tertiary/aromatic N) is 2. The van der Waals surface area contributed by atoms with Crippen LogP contribution >= 0.6 is 0 Å². The highest BCUT2D eigenvalue weighted by molar-refractivity contribution is 5.32. The summed E-state index contributed by atoms with van der Waals surface area (Å²) < 4.78 is 5.26. The van der Waals surface area contributed by atoms with Gasteiger partial charge in [0.25, 0.3) is 0 Å². The van der Waals surface area contributed by atoms with Gasteiger partial charge in [-0.15, -0.1) is 0 Å². The van der Waals surface area contributed by atoms with Crippen LogP contribution in [-0.4, -0.2) is 23.6 Å². The van der Waals surface area contributed by atoms with Gasteiger partial charge in [-0.2, -0.15) is 5.26 Å². The average Bonchev–Trinajstić information content (AvgIpc) is 2.91. The second-order valence-corrected chi connectivity index (χ2v) is 4.53. The van der Waals surface area contributed by atoms with E-state index < -0.39 is 6.10 Å². The van der Waals surface area contributed by atoms with Gasteiger partial charge in [-0.1, -0.05) is 12.1 Å². The molecule has 1 atom stereocenters. The van der Waals surface area contributed by atoms with E-state index >= 15 is 0 Å². The van der Waals surface area contributed by atoms with Gasteiger partial charge in [-0.05, 0) is 36.9 Å². The largest absolute Gasteiger partial charge is 0.468 e. The van der Waals surface area contributed by atoms with Gasteiger partial charge in [-0.25, -0.2) is 0 Å². The standard InChI is InChI=1S/C15H16N2O2/c1-17(10-14-3-2-8-19-14)11-15(18)13-6-4-12(9-16)5-7-13/h2-8,15,18H,10-11H2,1H3. The minimum Gasteiger partial charge on any atom is -0.468 e. The Morgan fingerprint density at radius 2 is 2.05 bits per heavy atom. The monoisotopic (exact) mass is 256 g/mol. The molecule has 19 heavy (non-hydrogen) atoms. The SMILES string of the molecule is CN(Cc1ccco1)CC(O)c1ccc(C#N)cc1. The second-order valence-electron chi connectivity index (χ2n) is 4.53. The molecular weight excluding hydrogens is 240 g/mol. The number of likely N-dealkylation sites (N-methyl/N-ethyl adjacent to an activating group) is 1. The molecule has 0 radical (unpaired) electrons. The van der Waals surface area contributed by atoms with Crippen LogP contribution in [0.1, 0.15) is 23.0 Å². The van der Waals surface area contributed by atoms with Crippen molar-refractivity contribution in [1.29, 1.82) is 5.26 Å². The van der Waals surface area contributed by atoms with Crippen LogP contribution in [0.3, 0.4) is 0 Å². The lowest BCUT2D eigenvalue weighted by Gasteiger charge is -2.19. The molecule has 0 saturated carbocycles. The van der Waals surface area contributed by atoms with E-state index in [4.69, 9.17) is 9.68 Å². The summed E-state index contributed by atoms with van der Waals surface area (Å²) in [7, 11) is 1.93. The topological polar surface area (TPSA) is 60.4 Å². The molecule has 0 amide bonds. The maximum Gasteiger partial charge on any atom is 0.117 e. The first kappa shape index (κ1) is 13.3. The Balaban J connectivity index is 1.92. The summed E-state index contributed by atoms with van der Waals surface area (Å²) >= 11 is 0. The molecule has 1 aromatic heterocycles. The highest BCUT2D eigenvalue weighted by Gasteiger charge is 2.11. The Morgan fingerprint density at radius 1 is 1.32 bits per heavy atom. The number of nitriles is 1. The van der Waals surface area contributed by atoms with E-state index in [9.17, 15) is 5.11 Å². The maximum atomic E-state index is 10.1. The first-order valence-electron chi connectivity index (χ1n) is 6.08. The Kier molecular flexibility index (Phi) is 4.35. The van der Waals surface area contributed by atoms with E-state index in [1.54, 1.807) is 30.5 Å². The van der Waals surface area contributed by atoms with Gasteiger partial charge in [0.15, 0.2) is 0 Å². The van der Waals surface area contributed by atoms with E-state index in [0.29, 0.717) is 18.7 Å². The molecule has 2 rings (SSSR count). The summed E-state index contributed by atoms with van der Waals surface area (Å²) in [6, 6.07) is 12.8. The van der Waals surface area contributed by atoms with E-state index in [1.165, 1.54) is 0 Å². The molecule has 2 aromatic rings. The third-order valence-electron chi connectivity index (χ3n) is 2.92. The van der Waals surface area contributed by atoms with E-state index in [0.717, 1.165) is 11.3 Å². The van der Waals surface area contributed by atoms with E-state index in [-0.39, 0.29) is 0 Å². The summed E-state index contributed by atoms with van der Waals surface area (Å²) in [6.07, 6.45) is 1.06. The Labute approximate surface area is 112 Å². The number of aliphatic hydroxyl groups excluding tert-OH is 1. The van der Waals surface area contributed by atoms with Crippen molar-refractivity contribution in [3.8, 4) is 6.07 Å². The van der Waals surface area contributed by atoms with Crippen LogP contribution in [0.4, 0.5) is 0 Å². The van der Waals surface area contributed by atoms with Crippen LogP contribution in [0.2, 0.25) is 0 Å². The highest BCUT2D eigenvalue weighted by atomic mass is 16.3. The van der Waals surface area contributed by atoms with Gasteiger partial charge >= 0.3 is 0 Å². The molecule has 0 fully saturated rings. The van der Waals surface area contributed by atoms with Crippen LogP contribution < -0.4 is 0 Å². The molecule has 0 spiro atoms. The molecule has 4 nitrogen and oxygen atoms in total. The van der Waals surface area contributed by atoms with Crippen LogP contribution in [0.15, 0.2) is 47.1 Å². The molecule has 1 aromatic carbocycles. The van der Waals surface area contributed by atoms with E-state index in [2.05, 4.69) is 6.07 Å². The number of rotatable bonds is 5. The highest BCUT2D eigenvalue weighted by Crippen LogP contribution is 2.15. The van der Waals surface area contributed by atoms with Crippen molar-refractivity contribution in [2.24, 2.45) is 0 Å². The lowest BCUT2D eigenvalue weighted by molar-refractivity contribution is 0.120. The molecule has 98 valence electrons. The molecule has 0 aliphatic carbocycles. The fourth-order valence-electron chi connectivity index (χ4n) is 1.91. The molecule has 0 saturated heterocycles. The van der Waals surface area contributed by atoms with E-state index in [1.807, 2.05) is 24.1 Å². The van der Waals surface area contributed by atoms with Crippen molar-refractivity contribution < 1.29 is 9.52 Å². The number of benzene rings is 1. The minimum absolute atomic E-state index is 0.507. The summed E-state index contributed by atoms with van der Waals surface area (Å²) in [5, 5.41) is 18.9. The fraction of sp³-hybridized carbons (Fsp3) is 0.267. The Morgan fingerprint density at radius 3 is 2.63 bits per heavy atom. The lowest BCUT2D eigenvalue weighted by Crippen LogP contribution is -2.24. The Hall–Kier alpha value is -2.09. The van der Waals surface area contributed by atoms with Gasteiger partial charge in [0.05, 0.1) is 30.5 Å². The predicted octanol–water partition coefficient (Wildman–Crippen LogP) is 2.32.